The van der Waals surface area contributed by atoms with Crippen molar-refractivity contribution >= 4 is 29.6 Å². The molecule has 1 aliphatic carbocycles. The minimum atomic E-state index is -1.44. The number of anilines is 1. The fourth-order valence-electron chi connectivity index (χ4n) is 5.48. The van der Waals surface area contributed by atoms with Crippen LogP contribution in [0.5, 0.6) is 5.75 Å². The maximum atomic E-state index is 13.5. The third-order valence-corrected chi connectivity index (χ3v) is 7.21. The van der Waals surface area contributed by atoms with Gasteiger partial charge in [0.15, 0.2) is 0 Å². The number of nitrogens with zero attached hydrogens (tertiary/aromatic N) is 2. The predicted molar refractivity (Wildman–Crippen MR) is 129 cm³/mol. The molecule has 0 radical (unpaired) electrons. The Labute approximate surface area is 208 Å². The maximum absolute atomic E-state index is 13.5. The molecule has 2 aliphatic heterocycles. The molecule has 2 aromatic rings. The number of imide groups is 1. The highest BCUT2D eigenvalue weighted by molar-refractivity contribution is 6.06. The van der Waals surface area contributed by atoms with Gasteiger partial charge in [0.2, 0.25) is 11.5 Å². The molecule has 1 spiro atoms. The number of hydrogen-bond acceptors (Lipinski definition) is 6. The molecule has 3 aliphatic rings. The SMILES string of the molecule is CNC(=O)Nc1ccc2c(c1)CC[C@@]21OC(=O)N(CC(=O)N2CCC[C@H]2c2ccccc2OC)C1=O. The zero-order chi connectivity index (χ0) is 25.4. The molecule has 10 nitrogen and oxygen atoms in total. The summed E-state index contributed by atoms with van der Waals surface area (Å²) in [4.78, 5) is 54.0. The van der Waals surface area contributed by atoms with Crippen molar-refractivity contribution in [2.75, 3.05) is 32.6 Å². The molecular formula is C26H28N4O6. The van der Waals surface area contributed by atoms with Crippen LogP contribution in [0.3, 0.4) is 0 Å². The fourth-order valence-corrected chi connectivity index (χ4v) is 5.48. The Bertz CT molecular complexity index is 1250. The van der Waals surface area contributed by atoms with Gasteiger partial charge in [0.05, 0.1) is 13.2 Å². The van der Waals surface area contributed by atoms with Crippen LogP contribution >= 0.6 is 0 Å². The Hall–Kier alpha value is -4.08. The van der Waals surface area contributed by atoms with Gasteiger partial charge in [0.1, 0.15) is 12.3 Å². The highest BCUT2D eigenvalue weighted by atomic mass is 16.6. The fraction of sp³-hybridized carbons (Fsp3) is 0.385. The summed E-state index contributed by atoms with van der Waals surface area (Å²) in [7, 11) is 3.11. The van der Waals surface area contributed by atoms with Gasteiger partial charge in [-0.15, -0.1) is 0 Å². The zero-order valence-electron chi connectivity index (χ0n) is 20.2. The number of fused-ring (bicyclic) bond motifs is 2. The number of ether oxygens (including phenoxy) is 2. The van der Waals surface area contributed by atoms with Crippen LogP contribution < -0.4 is 15.4 Å². The number of hydrogen-bond donors (Lipinski definition) is 2. The minimum absolute atomic E-state index is 0.185. The van der Waals surface area contributed by atoms with E-state index in [0.717, 1.165) is 28.9 Å². The molecule has 0 aromatic heterocycles. The highest BCUT2D eigenvalue weighted by Gasteiger charge is 2.58. The molecule has 188 valence electrons. The molecule has 2 heterocycles. The number of aryl methyl sites for hydroxylation is 1. The van der Waals surface area contributed by atoms with Crippen molar-refractivity contribution in [1.29, 1.82) is 0 Å². The van der Waals surface area contributed by atoms with Gasteiger partial charge in [-0.25, -0.2) is 14.5 Å². The van der Waals surface area contributed by atoms with Crippen molar-refractivity contribution in [3.63, 3.8) is 0 Å². The Morgan fingerprint density at radius 2 is 2.00 bits per heavy atom. The average molecular weight is 493 g/mol. The summed E-state index contributed by atoms with van der Waals surface area (Å²) in [6, 6.07) is 12.2. The number of benzene rings is 2. The summed E-state index contributed by atoms with van der Waals surface area (Å²) in [5, 5.41) is 5.19. The number of rotatable bonds is 5. The molecule has 2 fully saturated rings. The van der Waals surface area contributed by atoms with Crippen molar-refractivity contribution in [2.45, 2.75) is 37.3 Å². The topological polar surface area (TPSA) is 117 Å². The van der Waals surface area contributed by atoms with E-state index in [1.807, 2.05) is 24.3 Å². The van der Waals surface area contributed by atoms with Crippen LogP contribution in [-0.4, -0.2) is 61.0 Å². The molecule has 0 bridgehead atoms. The quantitative estimate of drug-likeness (QED) is 0.663. The zero-order valence-corrected chi connectivity index (χ0v) is 20.2. The number of nitrogens with one attached hydrogen (secondary N) is 2. The lowest BCUT2D eigenvalue weighted by molar-refractivity contribution is -0.142. The normalized spacial score (nSPS) is 22.6. The van der Waals surface area contributed by atoms with Gasteiger partial charge in [-0.2, -0.15) is 0 Å². The van der Waals surface area contributed by atoms with E-state index in [1.165, 1.54) is 7.05 Å². The summed E-state index contributed by atoms with van der Waals surface area (Å²) in [5.74, 6) is -0.139. The van der Waals surface area contributed by atoms with Crippen molar-refractivity contribution in [2.24, 2.45) is 0 Å². The van der Waals surface area contributed by atoms with Crippen LogP contribution in [0.15, 0.2) is 42.5 Å². The van der Waals surface area contributed by atoms with Gasteiger partial charge in [-0.3, -0.25) is 9.59 Å². The summed E-state index contributed by atoms with van der Waals surface area (Å²) >= 11 is 0. The van der Waals surface area contributed by atoms with Gasteiger partial charge in [0.25, 0.3) is 5.91 Å². The van der Waals surface area contributed by atoms with Crippen LogP contribution in [0.2, 0.25) is 0 Å². The van der Waals surface area contributed by atoms with E-state index in [4.69, 9.17) is 9.47 Å². The Morgan fingerprint density at radius 1 is 1.19 bits per heavy atom. The first kappa shape index (κ1) is 23.7. The monoisotopic (exact) mass is 492 g/mol. The molecule has 36 heavy (non-hydrogen) atoms. The first-order valence-electron chi connectivity index (χ1n) is 12.0. The number of amides is 5. The van der Waals surface area contributed by atoms with Crippen molar-refractivity contribution < 1.29 is 28.7 Å². The number of urea groups is 1. The molecule has 2 saturated heterocycles. The first-order valence-corrected chi connectivity index (χ1v) is 12.0. The Morgan fingerprint density at radius 3 is 2.78 bits per heavy atom. The number of carbonyl (C=O) groups is 4. The van der Waals surface area contributed by atoms with Crippen LogP contribution in [0.1, 0.15) is 42.0 Å². The van der Waals surface area contributed by atoms with Gasteiger partial charge in [-0.05, 0) is 43.0 Å². The van der Waals surface area contributed by atoms with E-state index >= 15 is 0 Å². The van der Waals surface area contributed by atoms with Crippen LogP contribution in [0.25, 0.3) is 0 Å². The van der Waals surface area contributed by atoms with Crippen LogP contribution in [0, 0.1) is 0 Å². The van der Waals surface area contributed by atoms with Crippen molar-refractivity contribution in [3.8, 4) is 5.75 Å². The number of methoxy groups -OCH3 is 1. The summed E-state index contributed by atoms with van der Waals surface area (Å²) in [6.45, 7) is 0.157. The number of para-hydroxylation sites is 1. The maximum Gasteiger partial charge on any atom is 0.418 e. The lowest BCUT2D eigenvalue weighted by Gasteiger charge is -2.27. The second kappa shape index (κ2) is 9.18. The Kier molecular flexibility index (Phi) is 6.03. The second-order valence-electron chi connectivity index (χ2n) is 9.15. The third kappa shape index (κ3) is 3.82. The average Bonchev–Trinajstić information content (AvgIpc) is 3.57. The molecular weight excluding hydrogens is 464 g/mol. The van der Waals surface area contributed by atoms with Gasteiger partial charge < -0.3 is 25.0 Å². The molecule has 0 saturated carbocycles. The molecule has 0 unspecified atom stereocenters. The van der Waals surface area contributed by atoms with E-state index in [1.54, 1.807) is 30.2 Å². The van der Waals surface area contributed by atoms with E-state index in [0.29, 0.717) is 30.0 Å². The Balaban J connectivity index is 1.34. The molecule has 5 rings (SSSR count). The first-order chi connectivity index (χ1) is 17.4. The summed E-state index contributed by atoms with van der Waals surface area (Å²) in [5.41, 5.74) is 1.44. The lowest BCUT2D eigenvalue weighted by atomic mass is 9.94. The van der Waals surface area contributed by atoms with Crippen molar-refractivity contribution in [3.05, 3.63) is 59.2 Å². The number of likely N-dealkylation sites (tertiary alicyclic amines) is 1. The van der Waals surface area contributed by atoms with Crippen LogP contribution in [0.4, 0.5) is 15.3 Å². The van der Waals surface area contributed by atoms with Gasteiger partial charge in [0, 0.05) is 36.8 Å². The largest absolute Gasteiger partial charge is 0.496 e. The smallest absolute Gasteiger partial charge is 0.418 e. The molecule has 10 heteroatoms. The molecule has 2 aromatic carbocycles. The second-order valence-corrected chi connectivity index (χ2v) is 9.15. The summed E-state index contributed by atoms with van der Waals surface area (Å²) in [6.07, 6.45) is 1.56. The van der Waals surface area contributed by atoms with Crippen LogP contribution in [-0.2, 0) is 26.3 Å². The van der Waals surface area contributed by atoms with Gasteiger partial charge >= 0.3 is 12.1 Å². The predicted octanol–water partition coefficient (Wildman–Crippen LogP) is 2.93. The molecule has 2 atom stereocenters. The van der Waals surface area contributed by atoms with E-state index < -0.39 is 17.6 Å². The van der Waals surface area contributed by atoms with E-state index in [2.05, 4.69) is 10.6 Å². The number of carbonyl (C=O) groups excluding carboxylic acids is 4. The van der Waals surface area contributed by atoms with E-state index in [-0.39, 0.29) is 30.9 Å². The molecule has 2 N–H and O–H groups in total. The summed E-state index contributed by atoms with van der Waals surface area (Å²) < 4.78 is 11.1. The standard InChI is InChI=1S/C26H28N4O6/c1-27-24(33)28-17-9-10-19-16(14-17)11-12-26(19)23(32)30(25(34)36-26)15-22(31)29-13-5-7-20(29)18-6-3-4-8-21(18)35-2/h3-4,6,8-10,14,20H,5,7,11-13,15H2,1-2H3,(H2,27,28,33)/t20-,26+/m0/s1. The van der Waals surface area contributed by atoms with Crippen molar-refractivity contribution in [1.82, 2.24) is 15.1 Å². The lowest BCUT2D eigenvalue weighted by Crippen LogP contribution is -2.44. The third-order valence-electron chi connectivity index (χ3n) is 7.21. The van der Waals surface area contributed by atoms with Gasteiger partial charge in [-0.1, -0.05) is 24.3 Å². The molecule has 5 amide bonds. The minimum Gasteiger partial charge on any atom is -0.496 e. The highest BCUT2D eigenvalue weighted by Crippen LogP contribution is 2.46. The van der Waals surface area contributed by atoms with E-state index in [9.17, 15) is 19.2 Å².